The fraction of sp³-hybridized carbons (Fsp3) is 0.357. The van der Waals surface area contributed by atoms with Gasteiger partial charge in [-0.2, -0.15) is 0 Å². The number of ether oxygens (including phenoxy) is 1. The average molecular weight is 521 g/mol. The summed E-state index contributed by atoms with van der Waals surface area (Å²) in [5, 5.41) is 0. The van der Waals surface area contributed by atoms with Crippen LogP contribution in [0.25, 0.3) is 11.1 Å². The smallest absolute Gasteiger partial charge is 0.324 e. The van der Waals surface area contributed by atoms with E-state index in [1.807, 2.05) is 55.5 Å². The highest BCUT2D eigenvalue weighted by Crippen LogP contribution is 2.50. The van der Waals surface area contributed by atoms with E-state index < -0.39 is 6.04 Å². The molecule has 2 aliphatic rings. The van der Waals surface area contributed by atoms with Crippen molar-refractivity contribution in [2.24, 2.45) is 5.92 Å². The lowest BCUT2D eigenvalue weighted by Crippen LogP contribution is -2.42. The van der Waals surface area contributed by atoms with E-state index in [1.54, 1.807) is 0 Å². The van der Waals surface area contributed by atoms with Crippen molar-refractivity contribution in [3.8, 4) is 11.1 Å². The molecular weight excluding hydrogens is 492 g/mol. The van der Waals surface area contributed by atoms with Gasteiger partial charge in [-0.3, -0.25) is 14.5 Å². The Kier molecular flexibility index (Phi) is 6.45. The number of rotatable bonds is 5. The molecule has 0 radical (unpaired) electrons. The van der Waals surface area contributed by atoms with Gasteiger partial charge in [0.25, 0.3) is 5.56 Å². The second kappa shape index (κ2) is 9.51. The van der Waals surface area contributed by atoms with Crippen LogP contribution in [-0.4, -0.2) is 33.3 Å². The lowest BCUT2D eigenvalue weighted by Gasteiger charge is -2.35. The van der Waals surface area contributed by atoms with Gasteiger partial charge in [0, 0.05) is 22.6 Å². The van der Waals surface area contributed by atoms with Crippen LogP contribution in [0, 0.1) is 12.8 Å². The van der Waals surface area contributed by atoms with Gasteiger partial charge in [-0.05, 0) is 60.9 Å². The lowest BCUT2D eigenvalue weighted by molar-refractivity contribution is -0.149. The van der Waals surface area contributed by atoms with Crippen molar-refractivity contribution < 1.29 is 9.53 Å². The third-order valence-electron chi connectivity index (χ3n) is 7.26. The Morgan fingerprint density at radius 1 is 1.15 bits per heavy atom. The normalized spacial score (nSPS) is 23.9. The van der Waals surface area contributed by atoms with E-state index in [1.165, 1.54) is 11.1 Å². The van der Waals surface area contributed by atoms with Gasteiger partial charge in [-0.25, -0.2) is 0 Å². The Bertz CT molecular complexity index is 1260. The van der Waals surface area contributed by atoms with E-state index in [0.29, 0.717) is 18.7 Å². The largest absolute Gasteiger partial charge is 0.465 e. The first-order valence-electron chi connectivity index (χ1n) is 11.9. The summed E-state index contributed by atoms with van der Waals surface area (Å²) in [4.78, 5) is 31.8. The van der Waals surface area contributed by atoms with Crippen LogP contribution in [0.5, 0.6) is 0 Å². The summed E-state index contributed by atoms with van der Waals surface area (Å²) in [7, 11) is 0. The zero-order valence-electron chi connectivity index (χ0n) is 19.5. The first kappa shape index (κ1) is 23.1. The van der Waals surface area contributed by atoms with Gasteiger partial charge in [-0.15, -0.1) is 0 Å². The molecule has 34 heavy (non-hydrogen) atoms. The predicted molar refractivity (Wildman–Crippen MR) is 137 cm³/mol. The maximum Gasteiger partial charge on any atom is 0.324 e. The number of benzene rings is 2. The van der Waals surface area contributed by atoms with Gasteiger partial charge in [0.1, 0.15) is 6.04 Å². The second-order valence-corrected chi connectivity index (χ2v) is 10.3. The molecule has 176 valence electrons. The van der Waals surface area contributed by atoms with E-state index in [0.717, 1.165) is 29.7 Å². The van der Waals surface area contributed by atoms with E-state index in [-0.39, 0.29) is 28.3 Å². The molecule has 2 heterocycles. The SMILES string of the molecule is CCOC(=O)C1C(Br)C2CCc3cc(-c4ccccc4)c(=O)[nH]c3C2N1Cc1ccccc1C. The molecule has 3 aromatic rings. The summed E-state index contributed by atoms with van der Waals surface area (Å²) in [5.74, 6) is -0.0127. The van der Waals surface area contributed by atoms with Gasteiger partial charge < -0.3 is 9.72 Å². The first-order valence-corrected chi connectivity index (χ1v) is 12.8. The minimum absolute atomic E-state index is 0.0500. The summed E-state index contributed by atoms with van der Waals surface area (Å²) in [6, 6.07) is 19.6. The van der Waals surface area contributed by atoms with Crippen molar-refractivity contribution in [2.45, 2.75) is 50.1 Å². The van der Waals surface area contributed by atoms with Crippen molar-refractivity contribution >= 4 is 21.9 Å². The predicted octanol–water partition coefficient (Wildman–Crippen LogP) is 5.16. The minimum Gasteiger partial charge on any atom is -0.465 e. The Balaban J connectivity index is 1.60. The van der Waals surface area contributed by atoms with Crippen LogP contribution in [0.3, 0.4) is 0 Å². The van der Waals surface area contributed by atoms with Gasteiger partial charge in [0.15, 0.2) is 0 Å². The third-order valence-corrected chi connectivity index (χ3v) is 8.44. The highest BCUT2D eigenvalue weighted by atomic mass is 79.9. The molecule has 2 aromatic carbocycles. The number of esters is 1. The summed E-state index contributed by atoms with van der Waals surface area (Å²) in [5.41, 5.74) is 5.96. The molecule has 1 fully saturated rings. The van der Waals surface area contributed by atoms with Crippen LogP contribution in [0.2, 0.25) is 0 Å². The number of aryl methyl sites for hydroxylation is 2. The van der Waals surface area contributed by atoms with Gasteiger partial charge in [0.05, 0.1) is 12.6 Å². The molecule has 0 saturated carbocycles. The molecule has 0 bridgehead atoms. The zero-order chi connectivity index (χ0) is 23.8. The summed E-state index contributed by atoms with van der Waals surface area (Å²) < 4.78 is 5.51. The first-order chi connectivity index (χ1) is 16.5. The number of nitrogens with one attached hydrogen (secondary N) is 1. The third kappa shape index (κ3) is 4.03. The maximum atomic E-state index is 13.2. The molecule has 1 aromatic heterocycles. The molecule has 1 aliphatic heterocycles. The van der Waals surface area contributed by atoms with Crippen LogP contribution in [0.1, 0.15) is 41.8 Å². The van der Waals surface area contributed by atoms with E-state index in [4.69, 9.17) is 4.74 Å². The molecule has 5 rings (SSSR count). The molecule has 1 aliphatic carbocycles. The second-order valence-electron chi connectivity index (χ2n) is 9.20. The average Bonchev–Trinajstić information content (AvgIpc) is 3.12. The quantitative estimate of drug-likeness (QED) is 0.372. The number of aromatic amines is 1. The van der Waals surface area contributed by atoms with Gasteiger partial charge in [-0.1, -0.05) is 70.5 Å². The molecule has 0 amide bonds. The topological polar surface area (TPSA) is 62.4 Å². The van der Waals surface area contributed by atoms with Crippen molar-refractivity contribution in [1.29, 1.82) is 0 Å². The molecular formula is C28H29BrN2O3. The number of pyridine rings is 1. The minimum atomic E-state index is -0.419. The molecule has 4 atom stereocenters. The van der Waals surface area contributed by atoms with Crippen molar-refractivity contribution in [3.63, 3.8) is 0 Å². The number of likely N-dealkylation sites (tertiary alicyclic amines) is 1. The Morgan fingerprint density at radius 2 is 1.88 bits per heavy atom. The number of H-pyrrole nitrogens is 1. The van der Waals surface area contributed by atoms with Crippen LogP contribution in [0.4, 0.5) is 0 Å². The number of halogens is 1. The Hall–Kier alpha value is -2.70. The Morgan fingerprint density at radius 3 is 2.62 bits per heavy atom. The number of carbonyl (C=O) groups excluding carboxylic acids is 1. The number of alkyl halides is 1. The number of hydrogen-bond donors (Lipinski definition) is 1. The van der Waals surface area contributed by atoms with Crippen molar-refractivity contribution in [3.05, 3.63) is 93.4 Å². The summed E-state index contributed by atoms with van der Waals surface area (Å²) >= 11 is 3.88. The number of nitrogens with zero attached hydrogens (tertiary/aromatic N) is 1. The lowest BCUT2D eigenvalue weighted by atomic mass is 9.82. The van der Waals surface area contributed by atoms with Crippen LogP contribution >= 0.6 is 15.9 Å². The fourth-order valence-corrected chi connectivity index (χ4v) is 6.67. The van der Waals surface area contributed by atoms with E-state index in [2.05, 4.69) is 44.9 Å². The molecule has 1 saturated heterocycles. The Labute approximate surface area is 208 Å². The van der Waals surface area contributed by atoms with Crippen molar-refractivity contribution in [2.75, 3.05) is 6.61 Å². The number of fused-ring (bicyclic) bond motifs is 3. The zero-order valence-corrected chi connectivity index (χ0v) is 21.0. The molecule has 4 unspecified atom stereocenters. The van der Waals surface area contributed by atoms with E-state index in [9.17, 15) is 9.59 Å². The fourth-order valence-electron chi connectivity index (χ4n) is 5.59. The highest BCUT2D eigenvalue weighted by Gasteiger charge is 2.54. The monoisotopic (exact) mass is 520 g/mol. The van der Waals surface area contributed by atoms with E-state index >= 15 is 0 Å². The van der Waals surface area contributed by atoms with Crippen LogP contribution < -0.4 is 5.56 Å². The molecule has 5 nitrogen and oxygen atoms in total. The summed E-state index contributed by atoms with van der Waals surface area (Å²) in [6.45, 7) is 4.89. The van der Waals surface area contributed by atoms with Gasteiger partial charge in [0.2, 0.25) is 0 Å². The highest BCUT2D eigenvalue weighted by molar-refractivity contribution is 9.09. The van der Waals surface area contributed by atoms with Gasteiger partial charge >= 0.3 is 5.97 Å². The molecule has 0 spiro atoms. The van der Waals surface area contributed by atoms with Crippen LogP contribution in [0.15, 0.2) is 65.5 Å². The standard InChI is InChI=1S/C28H29BrN2O3/c1-3-34-28(33)26-23(29)21-14-13-19-15-22(18-10-5-4-6-11-18)27(32)30-24(19)25(21)31(26)16-20-12-8-7-9-17(20)2/h4-12,15,21,23,25-26H,3,13-14,16H2,1-2H3,(H,30,32). The number of hydrogen-bond acceptors (Lipinski definition) is 4. The molecule has 1 N–H and O–H groups in total. The number of aromatic nitrogens is 1. The number of carbonyl (C=O) groups is 1. The molecule has 6 heteroatoms. The van der Waals surface area contributed by atoms with Crippen molar-refractivity contribution in [1.82, 2.24) is 9.88 Å². The van der Waals surface area contributed by atoms with Crippen LogP contribution in [-0.2, 0) is 22.5 Å². The maximum absolute atomic E-state index is 13.2. The summed E-state index contributed by atoms with van der Waals surface area (Å²) in [6.07, 6.45) is 1.80.